The molecule has 0 spiro atoms. The van der Waals surface area contributed by atoms with Crippen LogP contribution in [0.1, 0.15) is 53.6 Å². The van der Waals surface area contributed by atoms with Crippen LogP contribution in [0.2, 0.25) is 0 Å². The van der Waals surface area contributed by atoms with E-state index in [9.17, 15) is 0 Å². The minimum atomic E-state index is -2.55. The van der Waals surface area contributed by atoms with Gasteiger partial charge in [-0.25, -0.2) is 0 Å². The molecule has 4 aromatic rings. The van der Waals surface area contributed by atoms with Crippen LogP contribution in [0.3, 0.4) is 0 Å². The first-order chi connectivity index (χ1) is 18.9. The minimum absolute atomic E-state index is 0. The number of hydrogen-bond donors (Lipinski definition) is 0. The summed E-state index contributed by atoms with van der Waals surface area (Å²) < 4.78 is 4.07. The van der Waals surface area contributed by atoms with E-state index in [0.717, 1.165) is 12.8 Å². The van der Waals surface area contributed by atoms with Crippen molar-refractivity contribution in [2.75, 3.05) is 0 Å². The van der Waals surface area contributed by atoms with Crippen LogP contribution in [-0.4, -0.2) is 3.21 Å². The molecule has 2 aliphatic carbocycles. The van der Waals surface area contributed by atoms with Crippen LogP contribution in [-0.2, 0) is 34.1 Å². The Hall–Kier alpha value is -2.31. The Balaban J connectivity index is 0.00000194. The fourth-order valence-corrected chi connectivity index (χ4v) is 16.2. The molecule has 0 bridgehead atoms. The Morgan fingerprint density at radius 2 is 1.07 bits per heavy atom. The first-order valence-corrected chi connectivity index (χ1v) is 18.2. The summed E-state index contributed by atoms with van der Waals surface area (Å²) in [5, 5.41) is 0. The quantitative estimate of drug-likeness (QED) is 0.298. The number of benzene rings is 4. The van der Waals surface area contributed by atoms with E-state index in [1.54, 1.807) is 17.6 Å². The smallest absolute Gasteiger partial charge is 1.00 e. The molecule has 0 heterocycles. The zero-order chi connectivity index (χ0) is 27.0. The summed E-state index contributed by atoms with van der Waals surface area (Å²) in [7, 11) is 0. The SMILES string of the molecule is CC1C=C(C(C)(C)C)C=[C]1[Zr+2](=[C](Cc1ccccc1)Cc1ccccc1)[CH]1c2ccccc2-c2ccccc21.[Cl-].[Cl-]. The van der Waals surface area contributed by atoms with Crippen molar-refractivity contribution < 1.29 is 46.1 Å². The third kappa shape index (κ3) is 6.54. The first kappa shape index (κ1) is 31.6. The van der Waals surface area contributed by atoms with Crippen molar-refractivity contribution in [2.45, 2.75) is 44.2 Å². The van der Waals surface area contributed by atoms with Gasteiger partial charge >= 0.3 is 244 Å². The minimum Gasteiger partial charge on any atom is -1.00 e. The topological polar surface area (TPSA) is 0 Å². The standard InChI is InChI=1S/C15H14.C13H9.C10H15.2ClH.Zr/c1-3-8-14(9-4-1)12-7-13-15-10-5-2-6-11-15;1-3-7-12-10(5-1)9-11-6-2-4-8-13(11)12;1-8-5-6-9(7-8)10(2,3)4;;;/h1-6,8-11H,12-13H2;1-9H;6-8H,1-4H3;2*1H;/q;;;;;+2/p-2. The Labute approximate surface area is 266 Å². The average Bonchev–Trinajstić information content (AvgIpc) is 3.49. The molecule has 208 valence electrons. The van der Waals surface area contributed by atoms with Gasteiger partial charge in [0.15, 0.2) is 0 Å². The first-order valence-electron chi connectivity index (χ1n) is 14.3. The van der Waals surface area contributed by atoms with E-state index in [1.165, 1.54) is 27.8 Å². The van der Waals surface area contributed by atoms with Gasteiger partial charge < -0.3 is 24.8 Å². The third-order valence-corrected chi connectivity index (χ3v) is 17.1. The molecule has 0 saturated heterocycles. The van der Waals surface area contributed by atoms with Gasteiger partial charge in [-0.2, -0.15) is 0 Å². The molecule has 4 aromatic carbocycles. The zero-order valence-electron chi connectivity index (χ0n) is 24.4. The van der Waals surface area contributed by atoms with Crippen molar-refractivity contribution in [3.05, 3.63) is 152 Å². The summed E-state index contributed by atoms with van der Waals surface area (Å²) in [6.45, 7) is 9.56. The van der Waals surface area contributed by atoms with Gasteiger partial charge in [0.25, 0.3) is 0 Å². The summed E-state index contributed by atoms with van der Waals surface area (Å²) in [6, 6.07) is 40.9. The molecule has 0 nitrogen and oxygen atoms in total. The molecular weight excluding hydrogens is 619 g/mol. The van der Waals surface area contributed by atoms with E-state index in [4.69, 9.17) is 0 Å². The second kappa shape index (κ2) is 13.3. The number of hydrogen-bond acceptors (Lipinski definition) is 0. The summed E-state index contributed by atoms with van der Waals surface area (Å²) in [6.07, 6.45) is 7.37. The number of fused-ring (bicyclic) bond motifs is 3. The number of halogens is 2. The Bertz CT molecular complexity index is 1500. The zero-order valence-corrected chi connectivity index (χ0v) is 28.3. The second-order valence-electron chi connectivity index (χ2n) is 12.2. The van der Waals surface area contributed by atoms with Gasteiger partial charge in [0.1, 0.15) is 0 Å². The molecule has 0 N–H and O–H groups in total. The van der Waals surface area contributed by atoms with E-state index >= 15 is 0 Å². The van der Waals surface area contributed by atoms with E-state index < -0.39 is 21.3 Å². The maximum Gasteiger partial charge on any atom is -1.00 e. The molecule has 0 fully saturated rings. The van der Waals surface area contributed by atoms with Crippen molar-refractivity contribution in [2.24, 2.45) is 11.3 Å². The van der Waals surface area contributed by atoms with E-state index in [2.05, 4.69) is 149 Å². The largest absolute Gasteiger partial charge is 1.00 e. The monoisotopic (exact) mass is 654 g/mol. The van der Waals surface area contributed by atoms with Gasteiger partial charge in [0.2, 0.25) is 0 Å². The summed E-state index contributed by atoms with van der Waals surface area (Å²) in [5.74, 6) is 0.495. The summed E-state index contributed by atoms with van der Waals surface area (Å²) >= 11 is -2.55. The summed E-state index contributed by atoms with van der Waals surface area (Å²) in [5.41, 5.74) is 10.6. The predicted molar refractivity (Wildman–Crippen MR) is 164 cm³/mol. The van der Waals surface area contributed by atoms with Crippen molar-refractivity contribution in [3.63, 3.8) is 0 Å². The number of rotatable bonds is 6. The van der Waals surface area contributed by atoms with Crippen LogP contribution in [0.5, 0.6) is 0 Å². The maximum atomic E-state index is 2.65. The molecule has 41 heavy (non-hydrogen) atoms. The molecular formula is C38H38Cl2Zr. The molecule has 3 heteroatoms. The van der Waals surface area contributed by atoms with Crippen molar-refractivity contribution in [3.8, 4) is 11.1 Å². The normalized spacial score (nSPS) is 15.3. The summed E-state index contributed by atoms with van der Waals surface area (Å²) in [4.78, 5) is 0. The Kier molecular flexibility index (Phi) is 10.3. The average molecular weight is 657 g/mol. The van der Waals surface area contributed by atoms with Crippen molar-refractivity contribution >= 4 is 3.21 Å². The van der Waals surface area contributed by atoms with Crippen molar-refractivity contribution in [1.82, 2.24) is 0 Å². The number of allylic oxidation sites excluding steroid dienone is 4. The predicted octanol–water partition coefficient (Wildman–Crippen LogP) is 3.55. The molecule has 0 aliphatic heterocycles. The fraction of sp³-hybridized carbons (Fsp3) is 0.237. The molecule has 0 saturated carbocycles. The van der Waals surface area contributed by atoms with E-state index in [1.807, 2.05) is 0 Å². The molecule has 0 radical (unpaired) electrons. The molecule has 6 rings (SSSR count). The van der Waals surface area contributed by atoms with Crippen LogP contribution in [0.25, 0.3) is 11.1 Å². The van der Waals surface area contributed by atoms with Gasteiger partial charge in [-0.1, -0.05) is 0 Å². The Morgan fingerprint density at radius 3 is 1.51 bits per heavy atom. The van der Waals surface area contributed by atoms with Crippen LogP contribution < -0.4 is 24.8 Å². The van der Waals surface area contributed by atoms with Gasteiger partial charge in [0, 0.05) is 0 Å². The van der Waals surface area contributed by atoms with Crippen LogP contribution in [0, 0.1) is 11.3 Å². The van der Waals surface area contributed by atoms with Gasteiger partial charge in [-0.3, -0.25) is 0 Å². The third-order valence-electron chi connectivity index (χ3n) is 8.43. The van der Waals surface area contributed by atoms with Gasteiger partial charge in [0.05, 0.1) is 0 Å². The van der Waals surface area contributed by atoms with Gasteiger partial charge in [-0.05, 0) is 0 Å². The molecule has 2 aliphatic rings. The van der Waals surface area contributed by atoms with E-state index in [-0.39, 0.29) is 30.2 Å². The van der Waals surface area contributed by atoms with Crippen LogP contribution >= 0.6 is 0 Å². The van der Waals surface area contributed by atoms with Crippen LogP contribution in [0.4, 0.5) is 0 Å². The molecule has 0 amide bonds. The molecule has 1 atom stereocenters. The van der Waals surface area contributed by atoms with E-state index in [0.29, 0.717) is 9.54 Å². The van der Waals surface area contributed by atoms with Crippen LogP contribution in [0.15, 0.2) is 130 Å². The second-order valence-corrected chi connectivity index (χ2v) is 18.8. The maximum absolute atomic E-state index is 2.65. The molecule has 0 aromatic heterocycles. The Morgan fingerprint density at radius 1 is 0.634 bits per heavy atom. The fourth-order valence-electron chi connectivity index (χ4n) is 6.47. The van der Waals surface area contributed by atoms with Crippen molar-refractivity contribution in [1.29, 1.82) is 0 Å². The van der Waals surface area contributed by atoms with Gasteiger partial charge in [-0.15, -0.1) is 0 Å². The molecule has 1 unspecified atom stereocenters.